The van der Waals surface area contributed by atoms with Gasteiger partial charge in [-0.2, -0.15) is 5.01 Å². The number of benzene rings is 2. The van der Waals surface area contributed by atoms with E-state index in [1.165, 1.54) is 11.9 Å². The fraction of sp³-hybridized carbons (Fsp3) is 0.222. The Balaban J connectivity index is 2.03. The average Bonchev–Trinajstić information content (AvgIpc) is 3.07. The summed E-state index contributed by atoms with van der Waals surface area (Å²) in [6, 6.07) is 11.3. The van der Waals surface area contributed by atoms with Crippen molar-refractivity contribution in [1.82, 2.24) is 5.01 Å². The molecule has 0 fully saturated rings. The summed E-state index contributed by atoms with van der Waals surface area (Å²) >= 11 is 5.69. The average molecular weight is 531 g/mol. The Morgan fingerprint density at radius 1 is 1.23 bits per heavy atom. The Bertz CT molecular complexity index is 887. The van der Waals surface area contributed by atoms with Gasteiger partial charge in [0, 0.05) is 22.1 Å². The maximum absolute atomic E-state index is 12.1. The number of hydrogen-bond acceptors (Lipinski definition) is 5. The molecule has 0 aromatic heterocycles. The highest BCUT2D eigenvalue weighted by Gasteiger charge is 2.35. The fourth-order valence-electron chi connectivity index (χ4n) is 2.58. The molecule has 2 aromatic carbocycles. The molecule has 136 valence electrons. The largest absolute Gasteiger partial charge is 0.496 e. The third-order valence-electron chi connectivity index (χ3n) is 3.81. The number of carbonyl (C=O) groups is 1. The third kappa shape index (κ3) is 3.66. The molecular weight excluding hydrogens is 515 g/mol. The van der Waals surface area contributed by atoms with Crippen LogP contribution in [-0.4, -0.2) is 31.0 Å². The van der Waals surface area contributed by atoms with E-state index in [1.807, 2.05) is 30.3 Å². The number of methoxy groups -OCH3 is 2. The van der Waals surface area contributed by atoms with Crippen LogP contribution >= 0.6 is 38.5 Å². The number of hydrazone groups is 1. The molecule has 0 aliphatic carbocycles. The first kappa shape index (κ1) is 19.0. The number of carbonyl (C=O) groups excluding carboxylic acids is 1. The number of nitrogens with zero attached hydrogens (tertiary/aromatic N) is 2. The van der Waals surface area contributed by atoms with Crippen molar-refractivity contribution in [3.8, 4) is 11.5 Å². The molecule has 1 aliphatic heterocycles. The molecule has 0 saturated carbocycles. The van der Waals surface area contributed by atoms with Crippen molar-refractivity contribution in [3.05, 3.63) is 55.6 Å². The molecule has 6 nitrogen and oxygen atoms in total. The van der Waals surface area contributed by atoms with E-state index in [1.54, 1.807) is 20.3 Å². The van der Waals surface area contributed by atoms with E-state index in [9.17, 15) is 4.79 Å². The van der Waals surface area contributed by atoms with Crippen LogP contribution < -0.4 is 9.47 Å². The van der Waals surface area contributed by atoms with Gasteiger partial charge in [0.25, 0.3) is 0 Å². The summed E-state index contributed by atoms with van der Waals surface area (Å²) in [5, 5.41) is 5.69. The number of halogens is 2. The summed E-state index contributed by atoms with van der Waals surface area (Å²) in [5.41, 5.74) is 1.47. The first-order valence-corrected chi connectivity index (χ1v) is 9.54. The minimum Gasteiger partial charge on any atom is -0.496 e. The molecule has 0 radical (unpaired) electrons. The minimum atomic E-state index is -0.725. The highest BCUT2D eigenvalue weighted by molar-refractivity contribution is 14.1. The normalized spacial score (nSPS) is 16.1. The van der Waals surface area contributed by atoms with E-state index in [0.717, 1.165) is 13.6 Å². The van der Waals surface area contributed by atoms with Crippen LogP contribution in [0.4, 0.5) is 0 Å². The highest BCUT2D eigenvalue weighted by Crippen LogP contribution is 2.40. The zero-order valence-corrected chi connectivity index (χ0v) is 18.1. The van der Waals surface area contributed by atoms with Gasteiger partial charge >= 0.3 is 0 Å². The topological polar surface area (TPSA) is 60.4 Å². The monoisotopic (exact) mass is 530 g/mol. The maximum Gasteiger partial charge on any atom is 0.243 e. The second-order valence-electron chi connectivity index (χ2n) is 5.48. The van der Waals surface area contributed by atoms with Gasteiger partial charge < -0.3 is 14.2 Å². The van der Waals surface area contributed by atoms with Gasteiger partial charge in [-0.25, -0.2) is 0 Å². The molecule has 1 amide bonds. The first-order chi connectivity index (χ1) is 12.4. The molecule has 8 heteroatoms. The summed E-state index contributed by atoms with van der Waals surface area (Å²) < 4.78 is 18.6. The van der Waals surface area contributed by atoms with Gasteiger partial charge in [-0.15, -0.1) is 5.10 Å². The summed E-state index contributed by atoms with van der Waals surface area (Å²) in [6.45, 7) is 1.45. The molecule has 1 atom stereocenters. The van der Waals surface area contributed by atoms with E-state index in [2.05, 4.69) is 43.6 Å². The maximum atomic E-state index is 12.1. The van der Waals surface area contributed by atoms with Crippen LogP contribution in [0, 0.1) is 3.57 Å². The van der Waals surface area contributed by atoms with Gasteiger partial charge in [-0.05, 0) is 62.8 Å². The number of ether oxygens (including phenoxy) is 3. The van der Waals surface area contributed by atoms with Gasteiger partial charge in [0.05, 0.1) is 24.3 Å². The van der Waals surface area contributed by atoms with Crippen LogP contribution in [0.1, 0.15) is 24.3 Å². The summed E-state index contributed by atoms with van der Waals surface area (Å²) in [6.07, 6.45) is -0.725. The molecule has 26 heavy (non-hydrogen) atoms. The van der Waals surface area contributed by atoms with Gasteiger partial charge in [0.15, 0.2) is 0 Å². The van der Waals surface area contributed by atoms with Crippen LogP contribution in [-0.2, 0) is 9.53 Å². The SMILES string of the molecule is COc1cc(OC)c([C@H]2OC(c3cccc(I)c3)=NN2C(C)=O)cc1Br. The first-order valence-electron chi connectivity index (χ1n) is 7.67. The Hall–Kier alpha value is -1.81. The quantitative estimate of drug-likeness (QED) is 0.553. The molecule has 0 saturated heterocycles. The van der Waals surface area contributed by atoms with E-state index >= 15 is 0 Å². The van der Waals surface area contributed by atoms with Gasteiger partial charge in [0.1, 0.15) is 11.5 Å². The van der Waals surface area contributed by atoms with E-state index in [4.69, 9.17) is 14.2 Å². The van der Waals surface area contributed by atoms with Crippen molar-refractivity contribution < 1.29 is 19.0 Å². The second kappa shape index (κ2) is 7.83. The predicted molar refractivity (Wildman–Crippen MR) is 109 cm³/mol. The summed E-state index contributed by atoms with van der Waals surface area (Å²) in [7, 11) is 3.13. The van der Waals surface area contributed by atoms with Crippen LogP contribution in [0.25, 0.3) is 0 Å². The van der Waals surface area contributed by atoms with Crippen molar-refractivity contribution in [3.63, 3.8) is 0 Å². The lowest BCUT2D eigenvalue weighted by Crippen LogP contribution is -2.25. The van der Waals surface area contributed by atoms with Crippen molar-refractivity contribution >= 4 is 50.3 Å². The van der Waals surface area contributed by atoms with Gasteiger partial charge in [0.2, 0.25) is 18.0 Å². The van der Waals surface area contributed by atoms with Crippen molar-refractivity contribution in [2.45, 2.75) is 13.2 Å². The third-order valence-corrected chi connectivity index (χ3v) is 5.10. The van der Waals surface area contributed by atoms with Crippen molar-refractivity contribution in [2.24, 2.45) is 5.10 Å². The highest BCUT2D eigenvalue weighted by atomic mass is 127. The smallest absolute Gasteiger partial charge is 0.243 e. The molecular formula is C18H16BrIN2O4. The van der Waals surface area contributed by atoms with E-state index < -0.39 is 6.23 Å². The molecule has 0 bridgehead atoms. The van der Waals surface area contributed by atoms with Gasteiger partial charge in [-0.1, -0.05) is 6.07 Å². The molecule has 0 N–H and O–H groups in total. The van der Waals surface area contributed by atoms with Crippen LogP contribution in [0.2, 0.25) is 0 Å². The molecule has 0 unspecified atom stereocenters. The lowest BCUT2D eigenvalue weighted by Gasteiger charge is -2.22. The lowest BCUT2D eigenvalue weighted by atomic mass is 10.1. The van der Waals surface area contributed by atoms with Crippen molar-refractivity contribution in [1.29, 1.82) is 0 Å². The molecule has 0 spiro atoms. The number of hydrogen-bond donors (Lipinski definition) is 0. The minimum absolute atomic E-state index is 0.232. The number of rotatable bonds is 4. The van der Waals surface area contributed by atoms with E-state index in [0.29, 0.717) is 23.0 Å². The standard InChI is InChI=1S/C18H16BrIN2O4/c1-10(23)22-18(13-8-14(19)16(25-3)9-15(13)24-2)26-17(21-22)11-5-4-6-12(20)7-11/h4-9,18H,1-3H3/t18-/m1/s1. The van der Waals surface area contributed by atoms with Crippen LogP contribution in [0.15, 0.2) is 46.0 Å². The molecule has 1 aliphatic rings. The lowest BCUT2D eigenvalue weighted by molar-refractivity contribution is -0.135. The fourth-order valence-corrected chi connectivity index (χ4v) is 3.65. The van der Waals surface area contributed by atoms with Crippen LogP contribution in [0.5, 0.6) is 11.5 Å². The molecule has 3 rings (SSSR count). The Morgan fingerprint density at radius 3 is 2.58 bits per heavy atom. The van der Waals surface area contributed by atoms with Gasteiger partial charge in [-0.3, -0.25) is 4.79 Å². The Labute approximate surface area is 173 Å². The van der Waals surface area contributed by atoms with Crippen molar-refractivity contribution in [2.75, 3.05) is 14.2 Å². The zero-order chi connectivity index (χ0) is 18.8. The van der Waals surface area contributed by atoms with Crippen LogP contribution in [0.3, 0.4) is 0 Å². The predicted octanol–water partition coefficient (Wildman–Crippen LogP) is 4.31. The Kier molecular flexibility index (Phi) is 5.71. The zero-order valence-electron chi connectivity index (χ0n) is 14.3. The molecule has 1 heterocycles. The van der Waals surface area contributed by atoms with E-state index in [-0.39, 0.29) is 5.91 Å². The molecule has 2 aromatic rings. The summed E-state index contributed by atoms with van der Waals surface area (Å²) in [4.78, 5) is 12.1. The summed E-state index contributed by atoms with van der Waals surface area (Å²) in [5.74, 6) is 1.32. The number of amides is 1. The second-order valence-corrected chi connectivity index (χ2v) is 7.58. The Morgan fingerprint density at radius 2 is 1.96 bits per heavy atom.